The van der Waals surface area contributed by atoms with Gasteiger partial charge < -0.3 is 14.5 Å². The number of furan rings is 1. The highest BCUT2D eigenvalue weighted by Gasteiger charge is 2.30. The van der Waals surface area contributed by atoms with Crippen LogP contribution in [0.4, 0.5) is 0 Å². The maximum atomic E-state index is 12.5. The van der Waals surface area contributed by atoms with Gasteiger partial charge in [0, 0.05) is 6.42 Å². The van der Waals surface area contributed by atoms with Crippen molar-refractivity contribution in [1.82, 2.24) is 10.3 Å². The summed E-state index contributed by atoms with van der Waals surface area (Å²) in [5.74, 6) is 0.456. The van der Waals surface area contributed by atoms with E-state index < -0.39 is 12.1 Å². The van der Waals surface area contributed by atoms with Gasteiger partial charge in [0.15, 0.2) is 16.9 Å². The molecule has 1 aliphatic rings. The summed E-state index contributed by atoms with van der Waals surface area (Å²) < 4.78 is 12.2. The second kappa shape index (κ2) is 7.18. The molecule has 5 rings (SSSR count). The molecular weight excluding hydrogens is 388 g/mol. The first-order valence-electron chi connectivity index (χ1n) is 9.18. The Bertz CT molecular complexity index is 1190. The van der Waals surface area contributed by atoms with Gasteiger partial charge in [-0.1, -0.05) is 30.3 Å². The zero-order chi connectivity index (χ0) is 19.8. The SMILES string of the molecule is O=C1OC(C(=O)NCc2ccc(-c3nc4ccccc4s3)o2)Cc2ccccc21. The molecule has 0 saturated carbocycles. The van der Waals surface area contributed by atoms with Crippen LogP contribution in [-0.2, 0) is 22.5 Å². The third-order valence-electron chi connectivity index (χ3n) is 4.79. The molecule has 0 radical (unpaired) electrons. The number of esters is 1. The number of rotatable bonds is 4. The largest absolute Gasteiger partial charge is 0.457 e. The summed E-state index contributed by atoms with van der Waals surface area (Å²) in [7, 11) is 0. The Labute approximate surface area is 170 Å². The highest BCUT2D eigenvalue weighted by Crippen LogP contribution is 2.31. The Morgan fingerprint density at radius 2 is 1.93 bits per heavy atom. The monoisotopic (exact) mass is 404 g/mol. The third kappa shape index (κ3) is 3.40. The van der Waals surface area contributed by atoms with Gasteiger partial charge in [0.05, 0.1) is 22.3 Å². The minimum absolute atomic E-state index is 0.208. The fourth-order valence-electron chi connectivity index (χ4n) is 3.33. The lowest BCUT2D eigenvalue weighted by atomic mass is 9.98. The lowest BCUT2D eigenvalue weighted by Gasteiger charge is -2.23. The normalized spacial score (nSPS) is 15.7. The highest BCUT2D eigenvalue weighted by atomic mass is 32.1. The number of aromatic nitrogens is 1. The van der Waals surface area contributed by atoms with E-state index in [0.29, 0.717) is 23.5 Å². The molecule has 0 spiro atoms. The van der Waals surface area contributed by atoms with Crippen LogP contribution in [0.2, 0.25) is 0 Å². The molecule has 0 fully saturated rings. The number of benzene rings is 2. The molecule has 3 heterocycles. The molecule has 4 aromatic rings. The molecule has 0 aliphatic carbocycles. The van der Waals surface area contributed by atoms with Crippen molar-refractivity contribution in [3.05, 3.63) is 77.6 Å². The summed E-state index contributed by atoms with van der Waals surface area (Å²) in [5, 5.41) is 3.58. The van der Waals surface area contributed by atoms with E-state index >= 15 is 0 Å². The van der Waals surface area contributed by atoms with Crippen LogP contribution in [0, 0.1) is 0 Å². The first-order chi connectivity index (χ1) is 14.2. The average Bonchev–Trinajstić information content (AvgIpc) is 3.38. The van der Waals surface area contributed by atoms with Gasteiger partial charge in [-0.25, -0.2) is 9.78 Å². The smallest absolute Gasteiger partial charge is 0.339 e. The fraction of sp³-hybridized carbons (Fsp3) is 0.136. The first-order valence-corrected chi connectivity index (χ1v) is 10.0. The number of cyclic esters (lactones) is 1. The minimum atomic E-state index is -0.837. The number of fused-ring (bicyclic) bond motifs is 2. The zero-order valence-corrected chi connectivity index (χ0v) is 16.1. The second-order valence-electron chi connectivity index (χ2n) is 6.73. The molecule has 0 saturated heterocycles. The van der Waals surface area contributed by atoms with E-state index in [1.807, 2.05) is 48.5 Å². The molecule has 1 aliphatic heterocycles. The van der Waals surface area contributed by atoms with Crippen LogP contribution in [0.3, 0.4) is 0 Å². The van der Waals surface area contributed by atoms with E-state index in [0.717, 1.165) is 20.8 Å². The summed E-state index contributed by atoms with van der Waals surface area (Å²) in [6.45, 7) is 0.208. The van der Waals surface area contributed by atoms with E-state index in [4.69, 9.17) is 9.15 Å². The predicted molar refractivity (Wildman–Crippen MR) is 109 cm³/mol. The standard InChI is InChI=1S/C22H16N2O4S/c25-20(18-11-13-5-1-2-6-15(13)22(26)28-18)23-12-14-9-10-17(27-14)21-24-16-7-3-4-8-19(16)29-21/h1-10,18H,11-12H2,(H,23,25). The number of carbonyl (C=O) groups is 2. The number of thiazole rings is 1. The van der Waals surface area contributed by atoms with Gasteiger partial charge in [-0.3, -0.25) is 4.79 Å². The van der Waals surface area contributed by atoms with Crippen LogP contribution in [-0.4, -0.2) is 23.0 Å². The van der Waals surface area contributed by atoms with Crippen LogP contribution in [0.5, 0.6) is 0 Å². The van der Waals surface area contributed by atoms with Crippen molar-refractivity contribution >= 4 is 33.4 Å². The van der Waals surface area contributed by atoms with Gasteiger partial charge >= 0.3 is 5.97 Å². The van der Waals surface area contributed by atoms with Crippen molar-refractivity contribution in [2.45, 2.75) is 19.1 Å². The number of hydrogen-bond acceptors (Lipinski definition) is 6. The molecular formula is C22H16N2O4S. The van der Waals surface area contributed by atoms with Gasteiger partial charge in [-0.2, -0.15) is 0 Å². The van der Waals surface area contributed by atoms with Crippen molar-refractivity contribution < 1.29 is 18.7 Å². The Morgan fingerprint density at radius 1 is 1.10 bits per heavy atom. The van der Waals surface area contributed by atoms with Crippen LogP contribution in [0.15, 0.2) is 65.1 Å². The maximum absolute atomic E-state index is 12.5. The number of nitrogens with one attached hydrogen (secondary N) is 1. The van der Waals surface area contributed by atoms with Crippen molar-refractivity contribution in [3.8, 4) is 10.8 Å². The summed E-state index contributed by atoms with van der Waals surface area (Å²) in [4.78, 5) is 29.1. The number of ether oxygens (including phenoxy) is 1. The van der Waals surface area contributed by atoms with E-state index in [2.05, 4.69) is 10.3 Å². The van der Waals surface area contributed by atoms with Crippen molar-refractivity contribution in [2.24, 2.45) is 0 Å². The number of carbonyl (C=O) groups excluding carboxylic acids is 2. The van der Waals surface area contributed by atoms with Gasteiger partial charge in [-0.15, -0.1) is 11.3 Å². The number of para-hydroxylation sites is 1. The lowest BCUT2D eigenvalue weighted by molar-refractivity contribution is -0.130. The number of amides is 1. The Kier molecular flexibility index (Phi) is 4.37. The Hall–Kier alpha value is -3.45. The quantitative estimate of drug-likeness (QED) is 0.521. The molecule has 2 aromatic heterocycles. The molecule has 1 N–H and O–H groups in total. The molecule has 1 atom stereocenters. The average molecular weight is 404 g/mol. The number of nitrogens with zero attached hydrogens (tertiary/aromatic N) is 1. The highest BCUT2D eigenvalue weighted by molar-refractivity contribution is 7.21. The number of hydrogen-bond donors (Lipinski definition) is 1. The van der Waals surface area contributed by atoms with E-state index in [1.54, 1.807) is 23.5 Å². The van der Waals surface area contributed by atoms with E-state index in [1.165, 1.54) is 0 Å². The van der Waals surface area contributed by atoms with Crippen LogP contribution in [0.25, 0.3) is 21.0 Å². The van der Waals surface area contributed by atoms with Crippen molar-refractivity contribution in [2.75, 3.05) is 0 Å². The predicted octanol–water partition coefficient (Wildman–Crippen LogP) is 3.95. The molecule has 144 valence electrons. The zero-order valence-electron chi connectivity index (χ0n) is 15.3. The van der Waals surface area contributed by atoms with Gasteiger partial charge in [0.25, 0.3) is 5.91 Å². The van der Waals surface area contributed by atoms with Gasteiger partial charge in [0.1, 0.15) is 5.76 Å². The van der Waals surface area contributed by atoms with Crippen molar-refractivity contribution in [3.63, 3.8) is 0 Å². The van der Waals surface area contributed by atoms with Crippen LogP contribution in [0.1, 0.15) is 21.7 Å². The van der Waals surface area contributed by atoms with Gasteiger partial charge in [-0.05, 0) is 35.9 Å². The van der Waals surface area contributed by atoms with Crippen LogP contribution >= 0.6 is 11.3 Å². The topological polar surface area (TPSA) is 81.4 Å². The minimum Gasteiger partial charge on any atom is -0.457 e. The van der Waals surface area contributed by atoms with Gasteiger partial charge in [0.2, 0.25) is 0 Å². The molecule has 29 heavy (non-hydrogen) atoms. The summed E-state index contributed by atoms with van der Waals surface area (Å²) >= 11 is 1.55. The molecule has 0 bridgehead atoms. The molecule has 7 heteroatoms. The second-order valence-corrected chi connectivity index (χ2v) is 7.76. The Morgan fingerprint density at radius 3 is 2.83 bits per heavy atom. The van der Waals surface area contributed by atoms with Crippen LogP contribution < -0.4 is 5.32 Å². The fourth-order valence-corrected chi connectivity index (χ4v) is 4.26. The first kappa shape index (κ1) is 17.6. The van der Waals surface area contributed by atoms with E-state index in [9.17, 15) is 9.59 Å². The molecule has 6 nitrogen and oxygen atoms in total. The van der Waals surface area contributed by atoms with E-state index in [-0.39, 0.29) is 12.5 Å². The molecule has 2 aromatic carbocycles. The molecule has 1 amide bonds. The summed E-state index contributed by atoms with van der Waals surface area (Å²) in [5.41, 5.74) is 2.27. The third-order valence-corrected chi connectivity index (χ3v) is 5.84. The molecule has 1 unspecified atom stereocenters. The Balaban J connectivity index is 1.25. The lowest BCUT2D eigenvalue weighted by Crippen LogP contribution is -2.41. The summed E-state index contributed by atoms with van der Waals surface area (Å²) in [6, 6.07) is 18.7. The van der Waals surface area contributed by atoms with Crippen molar-refractivity contribution in [1.29, 1.82) is 0 Å². The summed E-state index contributed by atoms with van der Waals surface area (Å²) in [6.07, 6.45) is -0.473. The maximum Gasteiger partial charge on any atom is 0.339 e.